The number of aliphatic hydroxyl groups is 2. The highest BCUT2D eigenvalue weighted by Gasteiger charge is 2.17. The molecule has 93 heavy (non-hydrogen) atoms. The molecule has 0 radical (unpaired) electrons. The minimum absolute atomic E-state index is 0. The van der Waals surface area contributed by atoms with E-state index in [1.165, 1.54) is 19.6 Å². The number of allylic oxidation sites excluding steroid dienone is 1. The van der Waals surface area contributed by atoms with Crippen molar-refractivity contribution < 1.29 is 39.1 Å². The number of guanidine groups is 1. The Morgan fingerprint density at radius 2 is 1.02 bits per heavy atom. The standard InChI is InChI=1S/C17H23ClN4O2.C14H16ClNO2.C12H14ClNO.C11H13ClO.C10H13ClO.C4H11N3O.3CH4/c1-9(2)12-5-10(3)13(18)6-14(12)24-15-7-20-17(22-16(15)19)21-11(4)8-23;1-9(2)12-5-10(3)13(15)6-14(12)18-11(7-16)8-17-4;1-8(2)10-6-9(3)11(13)7-12(10)15-5-4-14;1-7(2)10-4-8(3)11(12)5-9(10)6-13;1-6(2)8-4-7(3)9(11)5-10(8)12;1-3(2-8)7-4(5)6;;;/h5-7,9,11,23H,8H2,1-4H3,(H3,19,20,21,22);5-6,8-9H,1-4H3;6-8H,5H2,1-3H3;4-7H,1-3H3;4-6,12H,1-3H3;3,8H,2H2,1H3,(H4,5,6,7);3*1H4/b;11-8+;;;;;;;/t11-;;;;;3-;;;/m1....1.../s1. The van der Waals surface area contributed by atoms with E-state index in [1.54, 1.807) is 37.3 Å². The largest absolute Gasteiger partial charge is 0.508 e. The Kier molecular flexibility index (Phi) is 43.7. The number of nitrogens with one attached hydrogen (secondary N) is 1. The molecule has 1 heterocycles. The zero-order valence-electron chi connectivity index (χ0n) is 54.9. The van der Waals surface area contributed by atoms with Crippen LogP contribution in [0, 0.1) is 57.3 Å². The number of phenolic OH excluding ortho intramolecular Hbond substituents is 1. The first-order chi connectivity index (χ1) is 42.1. The maximum absolute atomic E-state index is 10.7. The van der Waals surface area contributed by atoms with Crippen LogP contribution in [0.15, 0.2) is 83.9 Å². The number of aromatic hydroxyl groups is 1. The lowest BCUT2D eigenvalue weighted by Gasteiger charge is -2.17. The van der Waals surface area contributed by atoms with Crippen LogP contribution < -0.4 is 36.7 Å². The van der Waals surface area contributed by atoms with Crippen LogP contribution in [-0.2, 0) is 4.74 Å². The fraction of sp³-hybridized carbons (Fsp3) is 0.437. The molecule has 2 atom stereocenters. The first-order valence-electron chi connectivity index (χ1n) is 28.9. The van der Waals surface area contributed by atoms with Gasteiger partial charge in [0.05, 0.1) is 32.6 Å². The number of benzene rings is 5. The van der Waals surface area contributed by atoms with Gasteiger partial charge in [-0.15, -0.1) is 0 Å². The molecule has 0 aliphatic carbocycles. The van der Waals surface area contributed by atoms with Gasteiger partial charge >= 0.3 is 0 Å². The summed E-state index contributed by atoms with van der Waals surface area (Å²) in [5.41, 5.74) is 26.8. The predicted octanol–water partition coefficient (Wildman–Crippen LogP) is 19.2. The summed E-state index contributed by atoms with van der Waals surface area (Å²) >= 11 is 30.0. The van der Waals surface area contributed by atoms with Gasteiger partial charge in [-0.05, 0) is 164 Å². The molecule has 0 amide bonds. The van der Waals surface area contributed by atoms with Gasteiger partial charge in [-0.3, -0.25) is 4.79 Å². The molecule has 5 aromatic carbocycles. The quantitative estimate of drug-likeness (QED) is 0.0138. The summed E-state index contributed by atoms with van der Waals surface area (Å²) in [7, 11) is 1.46. The Morgan fingerprint density at radius 3 is 1.41 bits per heavy atom. The van der Waals surface area contributed by atoms with E-state index in [0.29, 0.717) is 83.1 Å². The van der Waals surface area contributed by atoms with Crippen LogP contribution in [0.25, 0.3) is 0 Å². The van der Waals surface area contributed by atoms with Crippen molar-refractivity contribution in [3.05, 3.63) is 165 Å². The number of halogens is 5. The number of aliphatic hydroxyl groups excluding tert-OH is 2. The third-order valence-electron chi connectivity index (χ3n) is 12.9. The van der Waals surface area contributed by atoms with Crippen LogP contribution in [0.4, 0.5) is 11.8 Å². The molecule has 6 aromatic rings. The fourth-order valence-corrected chi connectivity index (χ4v) is 8.60. The molecule has 0 saturated carbocycles. The van der Waals surface area contributed by atoms with Gasteiger partial charge in [0.2, 0.25) is 11.7 Å². The van der Waals surface area contributed by atoms with Crippen molar-refractivity contribution in [2.24, 2.45) is 16.5 Å². The van der Waals surface area contributed by atoms with Crippen molar-refractivity contribution in [3.8, 4) is 40.9 Å². The van der Waals surface area contributed by atoms with Gasteiger partial charge in [0, 0.05) is 36.7 Å². The molecule has 17 nitrogen and oxygen atoms in total. The lowest BCUT2D eigenvalue weighted by Crippen LogP contribution is -2.25. The number of nitrogens with two attached hydrogens (primary N) is 3. The number of aromatic nitrogens is 2. The monoisotopic (exact) mass is 1380 g/mol. The zero-order valence-corrected chi connectivity index (χ0v) is 58.7. The summed E-state index contributed by atoms with van der Waals surface area (Å²) in [5, 5.41) is 50.5. The highest BCUT2D eigenvalue weighted by molar-refractivity contribution is 6.32. The van der Waals surface area contributed by atoms with Gasteiger partial charge in [0.1, 0.15) is 47.7 Å². The van der Waals surface area contributed by atoms with Crippen LogP contribution >= 0.6 is 58.0 Å². The second-order valence-electron chi connectivity index (χ2n) is 22.4. The first-order valence-corrected chi connectivity index (χ1v) is 30.8. The van der Waals surface area contributed by atoms with Crippen molar-refractivity contribution in [3.63, 3.8) is 0 Å². The molecule has 0 saturated heterocycles. The van der Waals surface area contributed by atoms with Gasteiger partial charge in [-0.2, -0.15) is 15.5 Å². The van der Waals surface area contributed by atoms with Crippen LogP contribution in [0.5, 0.6) is 28.7 Å². The Morgan fingerprint density at radius 1 is 0.613 bits per heavy atom. The van der Waals surface area contributed by atoms with E-state index in [2.05, 4.69) is 75.7 Å². The molecule has 0 aliphatic rings. The molecular weight excluding hydrogens is 1280 g/mol. The maximum atomic E-state index is 10.7. The van der Waals surface area contributed by atoms with Crippen molar-refractivity contribution in [2.75, 3.05) is 38.0 Å². The Balaban J connectivity index is -0.00000107. The summed E-state index contributed by atoms with van der Waals surface area (Å²) < 4.78 is 21.6. The molecule has 514 valence electrons. The average molecular weight is 1390 g/mol. The second-order valence-corrected chi connectivity index (χ2v) is 24.5. The Hall–Kier alpha value is -7.19. The van der Waals surface area contributed by atoms with E-state index < -0.39 is 0 Å². The third-order valence-corrected chi connectivity index (χ3v) is 15.0. The topological polar surface area (TPSA) is 290 Å². The fourth-order valence-electron chi connectivity index (χ4n) is 7.81. The number of nitriles is 2. The van der Waals surface area contributed by atoms with Crippen molar-refractivity contribution >= 4 is 82.0 Å². The minimum Gasteiger partial charge on any atom is -0.508 e. The number of aldehydes is 1. The number of phenols is 1. The van der Waals surface area contributed by atoms with Crippen molar-refractivity contribution in [2.45, 2.75) is 182 Å². The molecular formula is C71H102Cl5N9O8. The number of aryl methyl sites for hydroxylation is 5. The van der Waals surface area contributed by atoms with Gasteiger partial charge in [0.15, 0.2) is 24.1 Å². The van der Waals surface area contributed by atoms with E-state index in [4.69, 9.17) is 115 Å². The smallest absolute Gasteiger partial charge is 0.238 e. The van der Waals surface area contributed by atoms with Crippen LogP contribution in [0.2, 0.25) is 25.1 Å². The number of anilines is 2. The summed E-state index contributed by atoms with van der Waals surface area (Å²) in [5.74, 6) is 4.85. The summed E-state index contributed by atoms with van der Waals surface area (Å²) in [6.07, 6.45) is 3.63. The molecule has 1 aromatic heterocycles. The lowest BCUT2D eigenvalue weighted by molar-refractivity contribution is 0.112. The van der Waals surface area contributed by atoms with E-state index >= 15 is 0 Å². The normalized spacial score (nSPS) is 10.9. The van der Waals surface area contributed by atoms with E-state index in [0.717, 1.165) is 61.9 Å². The third kappa shape index (κ3) is 31.1. The molecule has 10 N–H and O–H groups in total. The molecule has 0 unspecified atom stereocenters. The number of nitrogens with zero attached hydrogens (tertiary/aromatic N) is 5. The van der Waals surface area contributed by atoms with Gasteiger partial charge in [-0.25, -0.2) is 9.98 Å². The summed E-state index contributed by atoms with van der Waals surface area (Å²) in [6.45, 7) is 34.0. The number of hydrogen-bond donors (Lipinski definition) is 7. The molecule has 0 fully saturated rings. The van der Waals surface area contributed by atoms with E-state index in [1.807, 2.05) is 97.9 Å². The van der Waals surface area contributed by atoms with E-state index in [9.17, 15) is 9.90 Å². The van der Waals surface area contributed by atoms with Crippen molar-refractivity contribution in [1.82, 2.24) is 9.97 Å². The number of methoxy groups -OCH3 is 1. The SMILES string of the molecule is C.C.C.CO/C=C(\C#N)Oc1cc(Cl)c(C)cc1C(C)C.C[C@H](CO)N=C(N)N.Cc1cc(C(C)C)c(C=O)cc1Cl.Cc1cc(C(C)C)c(O)cc1Cl.Cc1cc(C(C)C)c(OCC#N)cc1Cl.Cc1cc(C(C)C)c(Oc2cnc(N[C@H](C)CO)nc2N)cc1Cl. The average Bonchev–Trinajstić information content (AvgIpc) is 0.858. The highest BCUT2D eigenvalue weighted by atomic mass is 35.5. The van der Waals surface area contributed by atoms with E-state index in [-0.39, 0.29) is 83.6 Å². The first kappa shape index (κ1) is 90.0. The Labute approximate surface area is 580 Å². The number of carbonyl (C=O) groups is 1. The number of rotatable bonds is 18. The lowest BCUT2D eigenvalue weighted by atomic mass is 9.96. The predicted molar refractivity (Wildman–Crippen MR) is 390 cm³/mol. The number of ether oxygens (including phenoxy) is 4. The molecule has 0 bridgehead atoms. The second kappa shape index (κ2) is 45.2. The van der Waals surface area contributed by atoms with Crippen LogP contribution in [0.1, 0.15) is 201 Å². The molecule has 22 heteroatoms. The van der Waals surface area contributed by atoms with Crippen LogP contribution in [-0.4, -0.2) is 76.5 Å². The van der Waals surface area contributed by atoms with Crippen LogP contribution in [0.3, 0.4) is 0 Å². The Bertz CT molecular complexity index is 3430. The summed E-state index contributed by atoms with van der Waals surface area (Å²) in [4.78, 5) is 22.7. The zero-order chi connectivity index (χ0) is 68.9. The number of hydrogen-bond acceptors (Lipinski definition) is 15. The number of carbonyl (C=O) groups excluding carboxylic acids is 1. The van der Waals surface area contributed by atoms with Crippen molar-refractivity contribution in [1.29, 1.82) is 10.5 Å². The maximum Gasteiger partial charge on any atom is 0.238 e. The highest BCUT2D eigenvalue weighted by Crippen LogP contribution is 2.38. The molecule has 0 aliphatic heterocycles. The van der Waals surface area contributed by atoms with Gasteiger partial charge in [-0.1, -0.05) is 180 Å². The van der Waals surface area contributed by atoms with Gasteiger partial charge < -0.3 is 56.8 Å². The summed E-state index contributed by atoms with van der Waals surface area (Å²) in [6, 6.07) is 22.1. The molecule has 0 spiro atoms. The molecule has 6 rings (SSSR count). The van der Waals surface area contributed by atoms with Gasteiger partial charge in [0.25, 0.3) is 0 Å². The number of nitrogen functional groups attached to an aromatic ring is 1. The number of aliphatic imine (C=N–C) groups is 1. The minimum atomic E-state index is -0.181.